The Bertz CT molecular complexity index is 542. The van der Waals surface area contributed by atoms with Crippen molar-refractivity contribution in [2.45, 2.75) is 26.3 Å². The van der Waals surface area contributed by atoms with Gasteiger partial charge in [0.15, 0.2) is 11.6 Å². The van der Waals surface area contributed by atoms with Crippen LogP contribution < -0.4 is 10.1 Å². The standard InChI is InChI=1S/C16H19ClN2O/c1-3-11-20-15-5-4-10-18-16(15)19-12(2)13-6-8-14(17)9-7-13/h4-10,12H,3,11H2,1-2H3,(H,18,19). The second-order valence-corrected chi connectivity index (χ2v) is 5.05. The Balaban J connectivity index is 2.10. The number of nitrogens with one attached hydrogen (secondary N) is 1. The molecule has 1 unspecified atom stereocenters. The molecular formula is C16H19ClN2O. The maximum atomic E-state index is 5.91. The Hall–Kier alpha value is -1.74. The molecule has 1 aromatic heterocycles. The largest absolute Gasteiger partial charge is 0.490 e. The lowest BCUT2D eigenvalue weighted by Gasteiger charge is -2.17. The minimum atomic E-state index is 0.131. The van der Waals surface area contributed by atoms with Crippen LogP contribution in [0.4, 0.5) is 5.82 Å². The van der Waals surface area contributed by atoms with Crippen molar-refractivity contribution in [3.63, 3.8) is 0 Å². The van der Waals surface area contributed by atoms with Crippen molar-refractivity contribution in [1.82, 2.24) is 4.98 Å². The van der Waals surface area contributed by atoms with E-state index in [2.05, 4.69) is 24.1 Å². The molecule has 0 spiro atoms. The lowest BCUT2D eigenvalue weighted by molar-refractivity contribution is 0.317. The number of hydrogen-bond acceptors (Lipinski definition) is 3. The van der Waals surface area contributed by atoms with Gasteiger partial charge in [-0.05, 0) is 43.2 Å². The van der Waals surface area contributed by atoms with Crippen molar-refractivity contribution in [2.24, 2.45) is 0 Å². The van der Waals surface area contributed by atoms with Crippen LogP contribution in [0.2, 0.25) is 5.02 Å². The van der Waals surface area contributed by atoms with Gasteiger partial charge < -0.3 is 10.1 Å². The predicted octanol–water partition coefficient (Wildman–Crippen LogP) is 4.70. The zero-order chi connectivity index (χ0) is 14.4. The molecule has 3 nitrogen and oxygen atoms in total. The van der Waals surface area contributed by atoms with Gasteiger partial charge in [-0.2, -0.15) is 0 Å². The van der Waals surface area contributed by atoms with E-state index in [0.717, 1.165) is 28.6 Å². The number of aromatic nitrogens is 1. The molecule has 0 saturated carbocycles. The summed E-state index contributed by atoms with van der Waals surface area (Å²) in [5.41, 5.74) is 1.15. The molecule has 2 aromatic rings. The fourth-order valence-corrected chi connectivity index (χ4v) is 1.99. The summed E-state index contributed by atoms with van der Waals surface area (Å²) >= 11 is 5.91. The van der Waals surface area contributed by atoms with Crippen LogP contribution in [0.25, 0.3) is 0 Å². The lowest BCUT2D eigenvalue weighted by Crippen LogP contribution is -2.09. The molecule has 1 aromatic carbocycles. The Labute approximate surface area is 124 Å². The molecule has 0 bridgehead atoms. The van der Waals surface area contributed by atoms with Gasteiger partial charge in [-0.3, -0.25) is 0 Å². The number of ether oxygens (including phenoxy) is 1. The number of anilines is 1. The highest BCUT2D eigenvalue weighted by atomic mass is 35.5. The number of hydrogen-bond donors (Lipinski definition) is 1. The fraction of sp³-hybridized carbons (Fsp3) is 0.312. The second-order valence-electron chi connectivity index (χ2n) is 4.62. The highest BCUT2D eigenvalue weighted by Gasteiger charge is 2.10. The lowest BCUT2D eigenvalue weighted by atomic mass is 10.1. The van der Waals surface area contributed by atoms with Crippen LogP contribution in [0.15, 0.2) is 42.6 Å². The second kappa shape index (κ2) is 7.15. The van der Waals surface area contributed by atoms with Gasteiger partial charge in [0.05, 0.1) is 12.6 Å². The fourth-order valence-electron chi connectivity index (χ4n) is 1.87. The Kier molecular flexibility index (Phi) is 5.24. The predicted molar refractivity (Wildman–Crippen MR) is 83.5 cm³/mol. The molecule has 0 fully saturated rings. The van der Waals surface area contributed by atoms with Crippen LogP contribution in [0, 0.1) is 0 Å². The quantitative estimate of drug-likeness (QED) is 0.837. The third-order valence-electron chi connectivity index (χ3n) is 2.96. The zero-order valence-electron chi connectivity index (χ0n) is 11.8. The summed E-state index contributed by atoms with van der Waals surface area (Å²) < 4.78 is 5.70. The molecular weight excluding hydrogens is 272 g/mol. The summed E-state index contributed by atoms with van der Waals surface area (Å²) in [6.07, 6.45) is 2.73. The summed E-state index contributed by atoms with van der Waals surface area (Å²) in [6.45, 7) is 4.86. The van der Waals surface area contributed by atoms with E-state index in [-0.39, 0.29) is 6.04 Å². The molecule has 4 heteroatoms. The highest BCUT2D eigenvalue weighted by molar-refractivity contribution is 6.30. The third-order valence-corrected chi connectivity index (χ3v) is 3.21. The van der Waals surface area contributed by atoms with Crippen molar-refractivity contribution in [3.05, 3.63) is 53.2 Å². The van der Waals surface area contributed by atoms with E-state index in [4.69, 9.17) is 16.3 Å². The number of nitrogens with zero attached hydrogens (tertiary/aromatic N) is 1. The summed E-state index contributed by atoms with van der Waals surface area (Å²) in [4.78, 5) is 4.35. The van der Waals surface area contributed by atoms with E-state index in [1.165, 1.54) is 0 Å². The van der Waals surface area contributed by atoms with Gasteiger partial charge in [0.2, 0.25) is 0 Å². The van der Waals surface area contributed by atoms with Crippen molar-refractivity contribution in [1.29, 1.82) is 0 Å². The smallest absolute Gasteiger partial charge is 0.169 e. The monoisotopic (exact) mass is 290 g/mol. The first-order valence-electron chi connectivity index (χ1n) is 6.80. The molecule has 0 aliphatic carbocycles. The Morgan fingerprint density at radius 3 is 2.70 bits per heavy atom. The SMILES string of the molecule is CCCOc1cccnc1NC(C)c1ccc(Cl)cc1. The number of rotatable bonds is 6. The van der Waals surface area contributed by atoms with E-state index in [0.29, 0.717) is 6.61 Å². The summed E-state index contributed by atoms with van der Waals surface area (Å²) in [5.74, 6) is 1.55. The van der Waals surface area contributed by atoms with E-state index >= 15 is 0 Å². The van der Waals surface area contributed by atoms with Crippen LogP contribution in [0.5, 0.6) is 5.75 Å². The third kappa shape index (κ3) is 3.87. The molecule has 0 radical (unpaired) electrons. The first-order chi connectivity index (χ1) is 9.70. The van der Waals surface area contributed by atoms with Gasteiger partial charge in [0.1, 0.15) is 0 Å². The van der Waals surface area contributed by atoms with E-state index in [1.54, 1.807) is 6.20 Å². The summed E-state index contributed by atoms with van der Waals surface area (Å²) in [7, 11) is 0. The van der Waals surface area contributed by atoms with Gasteiger partial charge in [0.25, 0.3) is 0 Å². The van der Waals surface area contributed by atoms with Crippen molar-refractivity contribution < 1.29 is 4.74 Å². The Morgan fingerprint density at radius 1 is 1.25 bits per heavy atom. The maximum absolute atomic E-state index is 5.91. The van der Waals surface area contributed by atoms with Crippen LogP contribution >= 0.6 is 11.6 Å². The molecule has 1 atom stereocenters. The van der Waals surface area contributed by atoms with Gasteiger partial charge in [-0.15, -0.1) is 0 Å². The van der Waals surface area contributed by atoms with Crippen LogP contribution in [-0.4, -0.2) is 11.6 Å². The average Bonchev–Trinajstić information content (AvgIpc) is 2.47. The van der Waals surface area contributed by atoms with Gasteiger partial charge in [0, 0.05) is 11.2 Å². The van der Waals surface area contributed by atoms with E-state index < -0.39 is 0 Å². The number of halogens is 1. The normalized spacial score (nSPS) is 11.9. The van der Waals surface area contributed by atoms with E-state index in [9.17, 15) is 0 Å². The first kappa shape index (κ1) is 14.7. The molecule has 2 rings (SSSR count). The minimum absolute atomic E-state index is 0.131. The van der Waals surface area contributed by atoms with Crippen LogP contribution in [0.3, 0.4) is 0 Å². The molecule has 20 heavy (non-hydrogen) atoms. The maximum Gasteiger partial charge on any atom is 0.169 e. The average molecular weight is 291 g/mol. The Morgan fingerprint density at radius 2 is 2.00 bits per heavy atom. The minimum Gasteiger partial charge on any atom is -0.490 e. The summed E-state index contributed by atoms with van der Waals surface area (Å²) in [5, 5.41) is 4.12. The molecule has 0 aliphatic rings. The molecule has 1 N–H and O–H groups in total. The molecule has 0 saturated heterocycles. The van der Waals surface area contributed by atoms with Crippen LogP contribution in [-0.2, 0) is 0 Å². The summed E-state index contributed by atoms with van der Waals surface area (Å²) in [6, 6.07) is 11.7. The van der Waals surface area contributed by atoms with Crippen molar-refractivity contribution in [2.75, 3.05) is 11.9 Å². The molecule has 106 valence electrons. The molecule has 0 amide bonds. The highest BCUT2D eigenvalue weighted by Crippen LogP contribution is 2.26. The van der Waals surface area contributed by atoms with Gasteiger partial charge in [-0.1, -0.05) is 30.7 Å². The van der Waals surface area contributed by atoms with Gasteiger partial charge >= 0.3 is 0 Å². The van der Waals surface area contributed by atoms with Crippen molar-refractivity contribution >= 4 is 17.4 Å². The molecule has 0 aliphatic heterocycles. The zero-order valence-corrected chi connectivity index (χ0v) is 12.5. The topological polar surface area (TPSA) is 34.1 Å². The number of pyridine rings is 1. The van der Waals surface area contributed by atoms with Gasteiger partial charge in [-0.25, -0.2) is 4.98 Å². The molecule has 1 heterocycles. The van der Waals surface area contributed by atoms with E-state index in [1.807, 2.05) is 36.4 Å². The van der Waals surface area contributed by atoms with Crippen molar-refractivity contribution in [3.8, 4) is 5.75 Å². The first-order valence-corrected chi connectivity index (χ1v) is 7.18. The number of benzene rings is 1. The van der Waals surface area contributed by atoms with Crippen LogP contribution in [0.1, 0.15) is 31.9 Å².